The largest absolute Gasteiger partial charge is 0.300 e. The van der Waals surface area contributed by atoms with Crippen molar-refractivity contribution in [1.82, 2.24) is 4.90 Å². The van der Waals surface area contributed by atoms with Crippen LogP contribution in [0, 0.1) is 15.9 Å². The maximum absolute atomic E-state index is 13.3. The number of aryl methyl sites for hydroxylation is 1. The molecule has 0 N–H and O–H groups in total. The first-order chi connectivity index (χ1) is 21.4. The van der Waals surface area contributed by atoms with E-state index in [0.717, 1.165) is 56.3 Å². The summed E-state index contributed by atoms with van der Waals surface area (Å²) in [6.45, 7) is 3.97. The molecule has 45 heavy (non-hydrogen) atoms. The van der Waals surface area contributed by atoms with Gasteiger partial charge in [-0.2, -0.15) is 0 Å². The first kappa shape index (κ1) is 34.0. The van der Waals surface area contributed by atoms with Gasteiger partial charge in [0, 0.05) is 43.0 Å². The van der Waals surface area contributed by atoms with Crippen LogP contribution in [0.4, 0.5) is 10.1 Å². The fraction of sp³-hybridized carbons (Fsp3) is 0.342. The van der Waals surface area contributed by atoms with Crippen LogP contribution in [0.5, 0.6) is 0 Å². The molecule has 4 aromatic carbocycles. The van der Waals surface area contributed by atoms with Crippen LogP contribution in [0.2, 0.25) is 0 Å². The number of benzene rings is 4. The number of non-ortho nitro benzene ring substituents is 1. The molecule has 0 fully saturated rings. The Morgan fingerprint density at radius 3 is 2.13 bits per heavy atom. The summed E-state index contributed by atoms with van der Waals surface area (Å²) in [5.41, 5.74) is 5.67. The van der Waals surface area contributed by atoms with E-state index in [1.807, 2.05) is 18.2 Å². The van der Waals surface area contributed by atoms with Gasteiger partial charge in [-0.1, -0.05) is 78.9 Å². The monoisotopic (exact) mass is 628 g/mol. The Hall–Kier alpha value is -3.87. The highest BCUT2D eigenvalue weighted by Gasteiger charge is 2.34. The smallest absolute Gasteiger partial charge is 0.269 e. The molecule has 0 radical (unpaired) electrons. The molecule has 5 nitrogen and oxygen atoms in total. The second-order valence-corrected chi connectivity index (χ2v) is 12.0. The van der Waals surface area contributed by atoms with Gasteiger partial charge in [0.15, 0.2) is 0 Å². The molecule has 0 aliphatic carbocycles. The second kappa shape index (κ2) is 15.9. The molecule has 1 aliphatic heterocycles. The van der Waals surface area contributed by atoms with Crippen molar-refractivity contribution in [1.29, 1.82) is 0 Å². The maximum Gasteiger partial charge on any atom is 0.269 e. The Balaban J connectivity index is 0.00000461. The molecule has 1 heterocycles. The number of carbonyl (C=O) groups excluding carboxylic acids is 1. The van der Waals surface area contributed by atoms with E-state index in [-0.39, 0.29) is 46.1 Å². The number of fused-ring (bicyclic) bond motifs is 1. The summed E-state index contributed by atoms with van der Waals surface area (Å²) in [7, 11) is 0. The standard InChI is InChI=1S/C38H41FN2O3.ClH/c1-29-37-28-35(41(43)44)21-18-31(37)23-27-40(29)26-9-25-38(32-10-4-2-5-11-32,33-12-6-3-7-13-33)24-8-14-36(42)22-17-30-15-19-34(39)20-16-30;/h2-7,10-13,15-16,18-21,28-29H,8-9,14,17,22-27H2,1H3;1H. The minimum Gasteiger partial charge on any atom is -0.300 e. The average molecular weight is 629 g/mol. The van der Waals surface area contributed by atoms with Gasteiger partial charge in [-0.3, -0.25) is 19.8 Å². The zero-order valence-corrected chi connectivity index (χ0v) is 26.7. The lowest BCUT2D eigenvalue weighted by Gasteiger charge is -2.38. The summed E-state index contributed by atoms with van der Waals surface area (Å²) >= 11 is 0. The Kier molecular flexibility index (Phi) is 12.0. The van der Waals surface area contributed by atoms with Crippen molar-refractivity contribution in [2.24, 2.45) is 0 Å². The lowest BCUT2D eigenvalue weighted by Crippen LogP contribution is -2.36. The van der Waals surface area contributed by atoms with E-state index in [0.29, 0.717) is 19.3 Å². The number of carbonyl (C=O) groups is 1. The minimum atomic E-state index is -0.312. The van der Waals surface area contributed by atoms with E-state index in [4.69, 9.17) is 0 Å². The number of nitro groups is 1. The maximum atomic E-state index is 13.3. The topological polar surface area (TPSA) is 63.5 Å². The van der Waals surface area contributed by atoms with Crippen LogP contribution in [0.1, 0.15) is 79.3 Å². The van der Waals surface area contributed by atoms with Gasteiger partial charge in [0.25, 0.3) is 5.69 Å². The van der Waals surface area contributed by atoms with Gasteiger partial charge in [0.05, 0.1) is 4.92 Å². The molecule has 1 aliphatic rings. The third-order valence-corrected chi connectivity index (χ3v) is 9.37. The van der Waals surface area contributed by atoms with Crippen LogP contribution >= 0.6 is 12.4 Å². The van der Waals surface area contributed by atoms with Gasteiger partial charge in [-0.15, -0.1) is 12.4 Å². The van der Waals surface area contributed by atoms with Gasteiger partial charge in [-0.05, 0) is 91.9 Å². The molecule has 1 unspecified atom stereocenters. The first-order valence-corrected chi connectivity index (χ1v) is 15.7. The molecule has 0 bridgehead atoms. The first-order valence-electron chi connectivity index (χ1n) is 15.7. The number of hydrogen-bond donors (Lipinski definition) is 0. The van der Waals surface area contributed by atoms with Crippen LogP contribution in [-0.2, 0) is 23.1 Å². The Bertz CT molecular complexity index is 1510. The zero-order chi connectivity index (χ0) is 30.9. The molecule has 0 amide bonds. The number of Topliss-reactive ketones (excluding diaryl/α,β-unsaturated/α-hetero) is 1. The molecular weight excluding hydrogens is 587 g/mol. The normalized spacial score (nSPS) is 14.8. The SMILES string of the molecule is CC1c2cc([N+](=O)[O-])ccc2CCN1CCCC(CCCC(=O)CCc1ccc(F)cc1)(c1ccccc1)c1ccccc1.Cl. The molecule has 4 aromatic rings. The van der Waals surface area contributed by atoms with E-state index >= 15 is 0 Å². The molecule has 0 saturated carbocycles. The van der Waals surface area contributed by atoms with Crippen molar-refractivity contribution in [2.75, 3.05) is 13.1 Å². The fourth-order valence-electron chi connectivity index (χ4n) is 6.89. The number of ketones is 1. The summed E-state index contributed by atoms with van der Waals surface area (Å²) in [6.07, 6.45) is 6.01. The predicted octanol–water partition coefficient (Wildman–Crippen LogP) is 9.21. The van der Waals surface area contributed by atoms with E-state index < -0.39 is 0 Å². The molecule has 0 spiro atoms. The lowest BCUT2D eigenvalue weighted by atomic mass is 9.68. The van der Waals surface area contributed by atoms with Crippen molar-refractivity contribution in [3.8, 4) is 0 Å². The van der Waals surface area contributed by atoms with E-state index in [9.17, 15) is 19.3 Å². The third-order valence-electron chi connectivity index (χ3n) is 9.37. The molecule has 236 valence electrons. The summed E-state index contributed by atoms with van der Waals surface area (Å²) in [4.78, 5) is 26.5. The summed E-state index contributed by atoms with van der Waals surface area (Å²) < 4.78 is 13.3. The number of halogens is 2. The van der Waals surface area contributed by atoms with Crippen LogP contribution in [0.3, 0.4) is 0 Å². The van der Waals surface area contributed by atoms with E-state index in [1.165, 1.54) is 28.8 Å². The van der Waals surface area contributed by atoms with Gasteiger partial charge >= 0.3 is 0 Å². The number of nitro benzene ring substituents is 1. The third kappa shape index (κ3) is 8.44. The van der Waals surface area contributed by atoms with Crippen LogP contribution in [0.15, 0.2) is 103 Å². The lowest BCUT2D eigenvalue weighted by molar-refractivity contribution is -0.385. The van der Waals surface area contributed by atoms with Gasteiger partial charge in [0.2, 0.25) is 0 Å². The van der Waals surface area contributed by atoms with Crippen molar-refractivity contribution in [3.63, 3.8) is 0 Å². The molecular formula is C38H42ClFN2O3. The Morgan fingerprint density at radius 1 is 0.889 bits per heavy atom. The number of rotatable bonds is 14. The highest BCUT2D eigenvalue weighted by Crippen LogP contribution is 2.42. The van der Waals surface area contributed by atoms with Crippen LogP contribution in [-0.4, -0.2) is 28.7 Å². The number of nitrogens with zero attached hydrogens (tertiary/aromatic N) is 2. The second-order valence-electron chi connectivity index (χ2n) is 12.0. The highest BCUT2D eigenvalue weighted by molar-refractivity contribution is 5.85. The molecule has 1 atom stereocenters. The van der Waals surface area contributed by atoms with Crippen molar-refractivity contribution >= 4 is 23.9 Å². The molecule has 7 heteroatoms. The Morgan fingerprint density at radius 2 is 1.51 bits per heavy atom. The van der Waals surface area contributed by atoms with Gasteiger partial charge in [-0.25, -0.2) is 4.39 Å². The van der Waals surface area contributed by atoms with Crippen molar-refractivity contribution in [3.05, 3.63) is 147 Å². The molecule has 0 aromatic heterocycles. The van der Waals surface area contributed by atoms with Crippen LogP contribution in [0.25, 0.3) is 0 Å². The molecule has 5 rings (SSSR count). The quantitative estimate of drug-likeness (QED) is 0.103. The predicted molar refractivity (Wildman–Crippen MR) is 181 cm³/mol. The van der Waals surface area contributed by atoms with Gasteiger partial charge in [0.1, 0.15) is 11.6 Å². The summed E-state index contributed by atoms with van der Waals surface area (Å²) in [5.74, 6) is -0.0268. The van der Waals surface area contributed by atoms with E-state index in [1.54, 1.807) is 24.3 Å². The highest BCUT2D eigenvalue weighted by atomic mass is 35.5. The average Bonchev–Trinajstić information content (AvgIpc) is 3.05. The Labute approximate surface area is 272 Å². The van der Waals surface area contributed by atoms with Crippen molar-refractivity contribution in [2.45, 2.75) is 69.7 Å². The summed E-state index contributed by atoms with van der Waals surface area (Å²) in [5, 5.41) is 11.4. The molecule has 0 saturated heterocycles. The minimum absolute atomic E-state index is 0. The van der Waals surface area contributed by atoms with Crippen LogP contribution < -0.4 is 0 Å². The summed E-state index contributed by atoms with van der Waals surface area (Å²) in [6, 6.07) is 33.1. The van der Waals surface area contributed by atoms with Gasteiger partial charge < -0.3 is 0 Å². The van der Waals surface area contributed by atoms with E-state index in [2.05, 4.69) is 60.4 Å². The zero-order valence-electron chi connectivity index (χ0n) is 25.9. The fourth-order valence-corrected chi connectivity index (χ4v) is 6.89. The number of hydrogen-bond acceptors (Lipinski definition) is 4. The van der Waals surface area contributed by atoms with Crippen molar-refractivity contribution < 1.29 is 14.1 Å².